The molecule has 5 heteroatoms. The van der Waals surface area contributed by atoms with Crippen molar-refractivity contribution in [2.75, 3.05) is 13.2 Å². The molecule has 1 aromatic heterocycles. The lowest BCUT2D eigenvalue weighted by molar-refractivity contribution is 0.312. The Labute approximate surface area is 107 Å². The molecule has 0 spiro atoms. The monoisotopic (exact) mass is 253 g/mol. The number of rotatable bonds is 1. The summed E-state index contributed by atoms with van der Waals surface area (Å²) < 4.78 is 5.59. The van der Waals surface area contributed by atoms with Crippen molar-refractivity contribution in [1.82, 2.24) is 15.3 Å². The molecule has 1 N–H and O–H groups in total. The fourth-order valence-electron chi connectivity index (χ4n) is 2.12. The predicted molar refractivity (Wildman–Crippen MR) is 68.3 cm³/mol. The molecule has 0 fully saturated rings. The molecule has 0 atom stereocenters. The molecule has 92 valence electrons. The molecule has 0 saturated heterocycles. The van der Waals surface area contributed by atoms with Crippen LogP contribution in [0.3, 0.4) is 0 Å². The van der Waals surface area contributed by atoms with Crippen LogP contribution in [0.2, 0.25) is 0 Å². The highest BCUT2D eigenvalue weighted by molar-refractivity contribution is 5.85. The van der Waals surface area contributed by atoms with E-state index in [-0.39, 0.29) is 12.4 Å². The van der Waals surface area contributed by atoms with Crippen molar-refractivity contribution in [2.45, 2.75) is 25.8 Å². The first-order chi connectivity index (χ1) is 7.93. The zero-order chi connectivity index (χ0) is 10.8. The number of allylic oxidation sites excluding steroid dienone is 2. The molecule has 0 amide bonds. The van der Waals surface area contributed by atoms with Crippen LogP contribution in [0.1, 0.15) is 30.7 Å². The number of hydrogen-bond acceptors (Lipinski definition) is 4. The quantitative estimate of drug-likeness (QED) is 0.831. The normalized spacial score (nSPS) is 18.5. The first kappa shape index (κ1) is 12.3. The van der Waals surface area contributed by atoms with E-state index in [9.17, 15) is 0 Å². The second-order valence-corrected chi connectivity index (χ2v) is 4.15. The summed E-state index contributed by atoms with van der Waals surface area (Å²) in [6.07, 6.45) is 7.64. The molecular weight excluding hydrogens is 238 g/mol. The van der Waals surface area contributed by atoms with Gasteiger partial charge in [0.25, 0.3) is 0 Å². The molecule has 2 aliphatic rings. The zero-order valence-corrected chi connectivity index (χ0v) is 10.4. The first-order valence-electron chi connectivity index (χ1n) is 5.82. The van der Waals surface area contributed by atoms with Crippen LogP contribution >= 0.6 is 12.4 Å². The van der Waals surface area contributed by atoms with Crippen molar-refractivity contribution in [3.8, 4) is 5.88 Å². The minimum Gasteiger partial charge on any atom is -0.475 e. The number of nitrogens with zero attached hydrogens (tertiary/aromatic N) is 2. The number of hydrogen-bond donors (Lipinski definition) is 1. The maximum Gasteiger partial charge on any atom is 0.237 e. The van der Waals surface area contributed by atoms with E-state index in [1.807, 2.05) is 6.20 Å². The van der Waals surface area contributed by atoms with Crippen LogP contribution in [-0.2, 0) is 6.54 Å². The van der Waals surface area contributed by atoms with Gasteiger partial charge in [-0.25, -0.2) is 4.98 Å². The second-order valence-electron chi connectivity index (χ2n) is 4.15. The molecular formula is C12H16ClN3O. The van der Waals surface area contributed by atoms with Gasteiger partial charge in [0.2, 0.25) is 5.88 Å². The molecule has 1 aliphatic carbocycles. The van der Waals surface area contributed by atoms with Crippen LogP contribution < -0.4 is 10.1 Å². The van der Waals surface area contributed by atoms with E-state index in [0.717, 1.165) is 37.3 Å². The summed E-state index contributed by atoms with van der Waals surface area (Å²) in [6, 6.07) is 0. The van der Waals surface area contributed by atoms with Gasteiger partial charge in [0.05, 0.1) is 11.9 Å². The van der Waals surface area contributed by atoms with E-state index in [1.54, 1.807) is 0 Å². The lowest BCUT2D eigenvalue weighted by atomic mass is 10.2. The minimum atomic E-state index is 0. The highest BCUT2D eigenvalue weighted by Crippen LogP contribution is 2.27. The Morgan fingerprint density at radius 1 is 1.35 bits per heavy atom. The largest absolute Gasteiger partial charge is 0.475 e. The molecule has 1 aromatic rings. The molecule has 4 nitrogen and oxygen atoms in total. The van der Waals surface area contributed by atoms with Crippen molar-refractivity contribution in [3.63, 3.8) is 0 Å². The predicted octanol–water partition coefficient (Wildman–Crippen LogP) is 1.95. The Balaban J connectivity index is 0.00000108. The number of fused-ring (bicyclic) bond motifs is 1. The van der Waals surface area contributed by atoms with E-state index in [0.29, 0.717) is 12.5 Å². The Morgan fingerprint density at radius 2 is 2.29 bits per heavy atom. The maximum atomic E-state index is 5.59. The summed E-state index contributed by atoms with van der Waals surface area (Å²) in [6.45, 7) is 2.28. The SMILES string of the molecule is C1=C(c2cnc3c(n2)OCCNC3)CCC1.Cl. The average Bonchev–Trinajstić information content (AvgIpc) is 2.74. The van der Waals surface area contributed by atoms with E-state index in [1.165, 1.54) is 12.0 Å². The fourth-order valence-corrected chi connectivity index (χ4v) is 2.12. The molecule has 0 radical (unpaired) electrons. The summed E-state index contributed by atoms with van der Waals surface area (Å²) >= 11 is 0. The standard InChI is InChI=1S/C12H15N3O.ClH/c1-2-4-9(3-1)10-8-14-11-7-13-5-6-16-12(11)15-10;/h3,8,13H,1-2,4-7H2;1H. The van der Waals surface area contributed by atoms with Crippen LogP contribution in [0.4, 0.5) is 0 Å². The Kier molecular flexibility index (Phi) is 3.97. The van der Waals surface area contributed by atoms with Gasteiger partial charge in [0.1, 0.15) is 12.3 Å². The van der Waals surface area contributed by atoms with Gasteiger partial charge in [0.15, 0.2) is 0 Å². The number of ether oxygens (including phenoxy) is 1. The third kappa shape index (κ3) is 2.58. The first-order valence-corrected chi connectivity index (χ1v) is 5.82. The van der Waals surface area contributed by atoms with Crippen molar-refractivity contribution >= 4 is 18.0 Å². The number of aromatic nitrogens is 2. The second kappa shape index (κ2) is 5.47. The lowest BCUT2D eigenvalue weighted by Crippen LogP contribution is -2.16. The Bertz CT molecular complexity index is 434. The molecule has 0 saturated carbocycles. The van der Waals surface area contributed by atoms with Crippen LogP contribution in [0.5, 0.6) is 5.88 Å². The van der Waals surface area contributed by atoms with Crippen LogP contribution in [0.25, 0.3) is 5.57 Å². The van der Waals surface area contributed by atoms with Crippen molar-refractivity contribution in [1.29, 1.82) is 0 Å². The van der Waals surface area contributed by atoms with Crippen LogP contribution in [0, 0.1) is 0 Å². The average molecular weight is 254 g/mol. The third-order valence-corrected chi connectivity index (χ3v) is 2.99. The third-order valence-electron chi connectivity index (χ3n) is 2.99. The summed E-state index contributed by atoms with van der Waals surface area (Å²) in [5, 5.41) is 3.25. The summed E-state index contributed by atoms with van der Waals surface area (Å²) in [5.74, 6) is 0.704. The van der Waals surface area contributed by atoms with Gasteiger partial charge < -0.3 is 10.1 Å². The van der Waals surface area contributed by atoms with E-state index in [4.69, 9.17) is 4.74 Å². The molecule has 0 aromatic carbocycles. The van der Waals surface area contributed by atoms with Gasteiger partial charge in [0, 0.05) is 13.1 Å². The lowest BCUT2D eigenvalue weighted by Gasteiger charge is -2.07. The summed E-state index contributed by atoms with van der Waals surface area (Å²) in [7, 11) is 0. The highest BCUT2D eigenvalue weighted by atomic mass is 35.5. The van der Waals surface area contributed by atoms with Crippen LogP contribution in [0.15, 0.2) is 12.3 Å². The van der Waals surface area contributed by atoms with E-state index >= 15 is 0 Å². The van der Waals surface area contributed by atoms with Gasteiger partial charge in [-0.05, 0) is 24.8 Å². The molecule has 3 rings (SSSR count). The molecule has 0 bridgehead atoms. The van der Waals surface area contributed by atoms with Gasteiger partial charge in [-0.3, -0.25) is 4.98 Å². The van der Waals surface area contributed by atoms with Gasteiger partial charge in [-0.2, -0.15) is 0 Å². The fraction of sp³-hybridized carbons (Fsp3) is 0.500. The smallest absolute Gasteiger partial charge is 0.237 e. The zero-order valence-electron chi connectivity index (χ0n) is 9.61. The Morgan fingerprint density at radius 3 is 3.12 bits per heavy atom. The molecule has 1 aliphatic heterocycles. The molecule has 0 unspecified atom stereocenters. The Hall–Kier alpha value is -1.13. The number of nitrogens with one attached hydrogen (secondary N) is 1. The topological polar surface area (TPSA) is 47.0 Å². The van der Waals surface area contributed by atoms with Crippen LogP contribution in [-0.4, -0.2) is 23.1 Å². The molecule has 17 heavy (non-hydrogen) atoms. The number of halogens is 1. The molecule has 2 heterocycles. The van der Waals surface area contributed by atoms with E-state index < -0.39 is 0 Å². The van der Waals surface area contributed by atoms with Gasteiger partial charge in [-0.1, -0.05) is 6.08 Å². The van der Waals surface area contributed by atoms with Crippen molar-refractivity contribution in [3.05, 3.63) is 23.7 Å². The van der Waals surface area contributed by atoms with Gasteiger partial charge in [-0.15, -0.1) is 12.4 Å². The van der Waals surface area contributed by atoms with Crippen molar-refractivity contribution in [2.24, 2.45) is 0 Å². The summed E-state index contributed by atoms with van der Waals surface area (Å²) in [5.41, 5.74) is 3.22. The summed E-state index contributed by atoms with van der Waals surface area (Å²) in [4.78, 5) is 9.00. The maximum absolute atomic E-state index is 5.59. The van der Waals surface area contributed by atoms with Gasteiger partial charge >= 0.3 is 0 Å². The highest BCUT2D eigenvalue weighted by Gasteiger charge is 2.15. The minimum absolute atomic E-state index is 0. The van der Waals surface area contributed by atoms with E-state index in [2.05, 4.69) is 21.4 Å². The van der Waals surface area contributed by atoms with Crippen molar-refractivity contribution < 1.29 is 4.74 Å².